The van der Waals surface area contributed by atoms with Crippen molar-refractivity contribution in [3.8, 4) is 0 Å². The smallest absolute Gasteiger partial charge is 0.323 e. The van der Waals surface area contributed by atoms with E-state index in [9.17, 15) is 9.59 Å². The first-order valence-corrected chi connectivity index (χ1v) is 10.4. The molecule has 7 heteroatoms. The maximum Gasteiger partial charge on any atom is 0.323 e. The number of hydrogen-bond donors (Lipinski definition) is 1. The van der Waals surface area contributed by atoms with Gasteiger partial charge >= 0.3 is 6.03 Å². The maximum atomic E-state index is 13.0. The highest BCUT2D eigenvalue weighted by Gasteiger charge is 2.36. The fourth-order valence-corrected chi connectivity index (χ4v) is 4.23. The molecule has 2 fully saturated rings. The minimum Gasteiger partial charge on any atom is -0.342 e. The normalized spacial score (nSPS) is 21.6. The SMILES string of the molecule is CCCCC1C(=O)N(C)CCN1C(=O)Nc1cc(C)nn1C1CCCCC1. The van der Waals surface area contributed by atoms with Gasteiger partial charge in [-0.2, -0.15) is 5.10 Å². The van der Waals surface area contributed by atoms with Gasteiger partial charge in [0.1, 0.15) is 11.9 Å². The van der Waals surface area contributed by atoms with Crippen LogP contribution in [0.3, 0.4) is 0 Å². The van der Waals surface area contributed by atoms with Crippen LogP contribution in [0.5, 0.6) is 0 Å². The van der Waals surface area contributed by atoms with Gasteiger partial charge in [0.25, 0.3) is 0 Å². The van der Waals surface area contributed by atoms with E-state index in [0.717, 1.165) is 37.2 Å². The topological polar surface area (TPSA) is 70.5 Å². The van der Waals surface area contributed by atoms with Gasteiger partial charge in [0.2, 0.25) is 5.91 Å². The van der Waals surface area contributed by atoms with Crippen LogP contribution in [0.25, 0.3) is 0 Å². The molecule has 1 atom stereocenters. The van der Waals surface area contributed by atoms with Crippen molar-refractivity contribution in [3.05, 3.63) is 11.8 Å². The van der Waals surface area contributed by atoms with E-state index in [2.05, 4.69) is 17.3 Å². The number of piperazine rings is 1. The van der Waals surface area contributed by atoms with Gasteiger partial charge in [0.05, 0.1) is 11.7 Å². The highest BCUT2D eigenvalue weighted by Crippen LogP contribution is 2.31. The monoisotopic (exact) mass is 375 g/mol. The van der Waals surface area contributed by atoms with Crippen LogP contribution in [0, 0.1) is 6.92 Å². The van der Waals surface area contributed by atoms with E-state index >= 15 is 0 Å². The number of amides is 3. The molecule has 1 aliphatic carbocycles. The number of aryl methyl sites for hydroxylation is 1. The zero-order chi connectivity index (χ0) is 19.4. The van der Waals surface area contributed by atoms with Crippen molar-refractivity contribution in [1.82, 2.24) is 19.6 Å². The van der Waals surface area contributed by atoms with Crippen molar-refractivity contribution in [2.75, 3.05) is 25.5 Å². The number of aromatic nitrogens is 2. The molecule has 0 bridgehead atoms. The molecule has 2 heterocycles. The predicted molar refractivity (Wildman–Crippen MR) is 106 cm³/mol. The van der Waals surface area contributed by atoms with Gasteiger partial charge < -0.3 is 9.80 Å². The highest BCUT2D eigenvalue weighted by atomic mass is 16.2. The molecule has 2 aliphatic rings. The van der Waals surface area contributed by atoms with Crippen molar-refractivity contribution >= 4 is 17.8 Å². The van der Waals surface area contributed by atoms with Gasteiger partial charge in [0.15, 0.2) is 0 Å². The summed E-state index contributed by atoms with van der Waals surface area (Å²) in [4.78, 5) is 29.1. The molecule has 1 N–H and O–H groups in total. The van der Waals surface area contributed by atoms with E-state index in [1.807, 2.05) is 24.7 Å². The fourth-order valence-electron chi connectivity index (χ4n) is 4.23. The minimum atomic E-state index is -0.365. The number of carbonyl (C=O) groups is 2. The zero-order valence-corrected chi connectivity index (χ0v) is 16.9. The summed E-state index contributed by atoms with van der Waals surface area (Å²) >= 11 is 0. The van der Waals surface area contributed by atoms with Gasteiger partial charge in [-0.05, 0) is 26.2 Å². The van der Waals surface area contributed by atoms with Gasteiger partial charge in [0, 0.05) is 26.2 Å². The first-order valence-electron chi connectivity index (χ1n) is 10.4. The van der Waals surface area contributed by atoms with Crippen molar-refractivity contribution in [1.29, 1.82) is 0 Å². The third-order valence-corrected chi connectivity index (χ3v) is 5.82. The summed E-state index contributed by atoms with van der Waals surface area (Å²) in [6, 6.07) is 1.74. The Labute approximate surface area is 162 Å². The third-order valence-electron chi connectivity index (χ3n) is 5.82. The number of likely N-dealkylation sites (N-methyl/N-ethyl adjacent to an activating group) is 1. The number of carbonyl (C=O) groups excluding carboxylic acids is 2. The quantitative estimate of drug-likeness (QED) is 0.855. The van der Waals surface area contributed by atoms with E-state index in [-0.39, 0.29) is 18.0 Å². The Morgan fingerprint density at radius 2 is 2.00 bits per heavy atom. The summed E-state index contributed by atoms with van der Waals surface area (Å²) in [5.41, 5.74) is 0.910. The van der Waals surface area contributed by atoms with Crippen LogP contribution in [-0.2, 0) is 4.79 Å². The summed E-state index contributed by atoms with van der Waals surface area (Å²) in [5, 5.41) is 7.69. The number of nitrogens with zero attached hydrogens (tertiary/aromatic N) is 4. The second-order valence-corrected chi connectivity index (χ2v) is 7.95. The Bertz CT molecular complexity index is 665. The summed E-state index contributed by atoms with van der Waals surface area (Å²) < 4.78 is 1.99. The van der Waals surface area contributed by atoms with Crippen molar-refractivity contribution in [3.63, 3.8) is 0 Å². The molecule has 3 rings (SSSR count). The molecule has 0 radical (unpaired) electrons. The van der Waals surface area contributed by atoms with Crippen LogP contribution in [0.4, 0.5) is 10.6 Å². The van der Waals surface area contributed by atoms with Crippen molar-refractivity contribution < 1.29 is 9.59 Å². The Kier molecular flexibility index (Phi) is 6.39. The molecule has 1 aliphatic heterocycles. The Morgan fingerprint density at radius 1 is 1.26 bits per heavy atom. The van der Waals surface area contributed by atoms with E-state index in [1.165, 1.54) is 19.3 Å². The van der Waals surface area contributed by atoms with Crippen LogP contribution >= 0.6 is 0 Å². The average Bonchev–Trinajstić information content (AvgIpc) is 3.03. The molecule has 1 saturated heterocycles. The van der Waals surface area contributed by atoms with E-state index in [1.54, 1.807) is 9.80 Å². The molecule has 150 valence electrons. The lowest BCUT2D eigenvalue weighted by molar-refractivity contribution is -0.138. The molecule has 1 aromatic rings. The predicted octanol–water partition coefficient (Wildman–Crippen LogP) is 3.56. The van der Waals surface area contributed by atoms with E-state index in [4.69, 9.17) is 0 Å². The number of unbranched alkanes of at least 4 members (excludes halogenated alkanes) is 1. The minimum absolute atomic E-state index is 0.0434. The first-order chi connectivity index (χ1) is 13.0. The zero-order valence-electron chi connectivity index (χ0n) is 16.9. The standard InChI is InChI=1S/C20H33N5O2/c1-4-5-11-17-19(26)23(3)12-13-24(17)20(27)21-18-14-15(2)22-25(18)16-9-7-6-8-10-16/h14,16-17H,4-13H2,1-3H3,(H,21,27). The lowest BCUT2D eigenvalue weighted by atomic mass is 9.96. The number of anilines is 1. The lowest BCUT2D eigenvalue weighted by Crippen LogP contribution is -2.58. The molecule has 1 unspecified atom stereocenters. The number of rotatable bonds is 5. The number of urea groups is 1. The average molecular weight is 376 g/mol. The van der Waals surface area contributed by atoms with E-state index in [0.29, 0.717) is 25.6 Å². The highest BCUT2D eigenvalue weighted by molar-refractivity contribution is 5.94. The molecule has 1 aromatic heterocycles. The summed E-state index contributed by atoms with van der Waals surface area (Å²) in [6.07, 6.45) is 8.58. The van der Waals surface area contributed by atoms with Gasteiger partial charge in [-0.3, -0.25) is 10.1 Å². The largest absolute Gasteiger partial charge is 0.342 e. The molecule has 27 heavy (non-hydrogen) atoms. The molecule has 0 spiro atoms. The number of nitrogens with one attached hydrogen (secondary N) is 1. The van der Waals surface area contributed by atoms with Gasteiger partial charge in [-0.15, -0.1) is 0 Å². The summed E-state index contributed by atoms with van der Waals surface area (Å²) in [6.45, 7) is 5.21. The maximum absolute atomic E-state index is 13.0. The van der Waals surface area contributed by atoms with Crippen LogP contribution in [0.1, 0.15) is 70.0 Å². The van der Waals surface area contributed by atoms with Gasteiger partial charge in [-0.1, -0.05) is 39.0 Å². The molecular formula is C20H33N5O2. The molecule has 0 aromatic carbocycles. The fraction of sp³-hybridized carbons (Fsp3) is 0.750. The van der Waals surface area contributed by atoms with Crippen molar-refractivity contribution in [2.24, 2.45) is 0 Å². The van der Waals surface area contributed by atoms with E-state index < -0.39 is 0 Å². The third kappa shape index (κ3) is 4.45. The van der Waals surface area contributed by atoms with Gasteiger partial charge in [-0.25, -0.2) is 9.48 Å². The number of hydrogen-bond acceptors (Lipinski definition) is 3. The van der Waals surface area contributed by atoms with Crippen LogP contribution < -0.4 is 5.32 Å². The first kappa shape index (κ1) is 19.7. The van der Waals surface area contributed by atoms with Crippen LogP contribution in [-0.4, -0.2) is 57.7 Å². The lowest BCUT2D eigenvalue weighted by Gasteiger charge is -2.39. The molecule has 3 amide bonds. The summed E-state index contributed by atoms with van der Waals surface area (Å²) in [7, 11) is 1.82. The Hall–Kier alpha value is -2.05. The molecular weight excluding hydrogens is 342 g/mol. The Morgan fingerprint density at radius 3 is 2.70 bits per heavy atom. The molecule has 1 saturated carbocycles. The Balaban J connectivity index is 1.74. The van der Waals surface area contributed by atoms with Crippen LogP contribution in [0.2, 0.25) is 0 Å². The van der Waals surface area contributed by atoms with Crippen LogP contribution in [0.15, 0.2) is 6.07 Å². The second kappa shape index (κ2) is 8.76. The second-order valence-electron chi connectivity index (χ2n) is 7.95. The van der Waals surface area contributed by atoms with Crippen molar-refractivity contribution in [2.45, 2.75) is 77.3 Å². The summed E-state index contributed by atoms with van der Waals surface area (Å²) in [5.74, 6) is 0.798. The molecule has 7 nitrogen and oxygen atoms in total.